The van der Waals surface area contributed by atoms with E-state index in [1.54, 1.807) is 26.4 Å². The van der Waals surface area contributed by atoms with Gasteiger partial charge in [0.2, 0.25) is 0 Å². The summed E-state index contributed by atoms with van der Waals surface area (Å²) in [5.41, 5.74) is 1.94. The topological polar surface area (TPSA) is 52.6 Å². The van der Waals surface area contributed by atoms with Gasteiger partial charge in [0.1, 0.15) is 0 Å². The average Bonchev–Trinajstić information content (AvgIpc) is 2.72. The maximum absolute atomic E-state index is 12.8. The summed E-state index contributed by atoms with van der Waals surface area (Å²) in [7, 11) is -2.11. The number of hydrogen-bond acceptors (Lipinski definition) is 4. The first-order chi connectivity index (χ1) is 13.3. The van der Waals surface area contributed by atoms with E-state index in [1.165, 1.54) is 0 Å². The molecule has 0 amide bonds. The van der Waals surface area contributed by atoms with Crippen LogP contribution in [0.25, 0.3) is 10.8 Å². The van der Waals surface area contributed by atoms with Gasteiger partial charge in [-0.25, -0.2) is 8.42 Å². The van der Waals surface area contributed by atoms with Crippen molar-refractivity contribution in [2.24, 2.45) is 0 Å². The third kappa shape index (κ3) is 4.88. The lowest BCUT2D eigenvalue weighted by molar-refractivity contribution is 0.249. The molecule has 0 spiro atoms. The van der Waals surface area contributed by atoms with Crippen molar-refractivity contribution in [3.8, 4) is 0 Å². The minimum Gasteiger partial charge on any atom is -0.398 e. The van der Waals surface area contributed by atoms with Crippen molar-refractivity contribution in [1.29, 1.82) is 0 Å². The van der Waals surface area contributed by atoms with E-state index < -0.39 is 18.4 Å². The third-order valence-electron chi connectivity index (χ3n) is 5.19. The van der Waals surface area contributed by atoms with Gasteiger partial charge < -0.3 is 8.85 Å². The zero-order valence-electron chi connectivity index (χ0n) is 16.5. The maximum Gasteiger partial charge on any atom is 0.334 e. The van der Waals surface area contributed by atoms with Gasteiger partial charge in [-0.2, -0.15) is 0 Å². The average molecular weight is 415 g/mol. The molecule has 3 aromatic rings. The molecule has 0 aliphatic rings. The van der Waals surface area contributed by atoms with Gasteiger partial charge in [0.15, 0.2) is 9.84 Å². The summed E-state index contributed by atoms with van der Waals surface area (Å²) >= 11 is 0. The monoisotopic (exact) mass is 414 g/mol. The van der Waals surface area contributed by atoms with Crippen molar-refractivity contribution in [2.75, 3.05) is 14.2 Å². The van der Waals surface area contributed by atoms with Crippen molar-refractivity contribution in [2.45, 2.75) is 29.7 Å². The zero-order chi connectivity index (χ0) is 20.2. The van der Waals surface area contributed by atoms with Gasteiger partial charge in [-0.15, -0.1) is 0 Å². The van der Waals surface area contributed by atoms with E-state index in [4.69, 9.17) is 8.85 Å². The first kappa shape index (κ1) is 20.7. The Bertz CT molecular complexity index is 1040. The normalized spacial score (nSPS) is 12.4. The fraction of sp³-hybridized carbons (Fsp3) is 0.273. The highest BCUT2D eigenvalue weighted by Crippen LogP contribution is 2.23. The first-order valence-corrected chi connectivity index (χ1v) is 13.4. The molecule has 0 aliphatic carbocycles. The van der Waals surface area contributed by atoms with E-state index in [9.17, 15) is 8.42 Å². The largest absolute Gasteiger partial charge is 0.398 e. The van der Waals surface area contributed by atoms with Crippen molar-refractivity contribution in [1.82, 2.24) is 0 Å². The number of rotatable bonds is 8. The van der Waals surface area contributed by atoms with Crippen molar-refractivity contribution in [3.63, 3.8) is 0 Å². The molecule has 0 fully saturated rings. The van der Waals surface area contributed by atoms with Crippen LogP contribution in [-0.4, -0.2) is 31.2 Å². The highest BCUT2D eigenvalue weighted by Gasteiger charge is 2.28. The van der Waals surface area contributed by atoms with E-state index in [-0.39, 0.29) is 5.75 Å². The summed E-state index contributed by atoms with van der Waals surface area (Å²) in [6.07, 6.45) is 0.849. The van der Waals surface area contributed by atoms with Gasteiger partial charge in [0, 0.05) is 14.2 Å². The lowest BCUT2D eigenvalue weighted by atomic mass is 10.1. The zero-order valence-corrected chi connectivity index (χ0v) is 18.3. The molecule has 0 aliphatic heterocycles. The number of fused-ring (bicyclic) bond motifs is 1. The highest BCUT2D eigenvalue weighted by molar-refractivity contribution is 7.90. The lowest BCUT2D eigenvalue weighted by Crippen LogP contribution is -2.36. The summed E-state index contributed by atoms with van der Waals surface area (Å²) < 4.78 is 36.7. The molecule has 0 saturated carbocycles. The summed E-state index contributed by atoms with van der Waals surface area (Å²) in [5.74, 6) is -0.00573. The number of aryl methyl sites for hydroxylation is 1. The summed E-state index contributed by atoms with van der Waals surface area (Å²) in [4.78, 5) is 0.359. The Morgan fingerprint density at radius 3 is 2.07 bits per heavy atom. The minimum absolute atomic E-state index is 0.00573. The van der Waals surface area contributed by atoms with Gasteiger partial charge in [0.25, 0.3) is 0 Å². The van der Waals surface area contributed by atoms with Crippen molar-refractivity contribution >= 4 is 29.2 Å². The summed E-state index contributed by atoms with van der Waals surface area (Å²) in [5, 5.41) is 1.97. The molecule has 4 nitrogen and oxygen atoms in total. The van der Waals surface area contributed by atoms with E-state index in [2.05, 4.69) is 0 Å². The van der Waals surface area contributed by atoms with E-state index >= 15 is 0 Å². The molecule has 3 rings (SSSR count). The van der Waals surface area contributed by atoms with Crippen molar-refractivity contribution < 1.29 is 17.3 Å². The first-order valence-electron chi connectivity index (χ1n) is 9.25. The van der Waals surface area contributed by atoms with Gasteiger partial charge in [0.05, 0.1) is 10.6 Å². The minimum atomic E-state index is -3.39. The Kier molecular flexibility index (Phi) is 6.35. The van der Waals surface area contributed by atoms with Crippen LogP contribution in [0, 0.1) is 0 Å². The van der Waals surface area contributed by atoms with Crippen molar-refractivity contribution in [3.05, 3.63) is 77.9 Å². The summed E-state index contributed by atoms with van der Waals surface area (Å²) in [6, 6.07) is 21.7. The molecule has 148 valence electrons. The van der Waals surface area contributed by atoms with E-state index in [0.29, 0.717) is 4.90 Å². The highest BCUT2D eigenvalue weighted by atomic mass is 32.2. The van der Waals surface area contributed by atoms with Crippen LogP contribution in [-0.2, 0) is 30.9 Å². The molecule has 0 unspecified atom stereocenters. The van der Waals surface area contributed by atoms with Crippen LogP contribution in [0.1, 0.15) is 11.1 Å². The fourth-order valence-corrected chi connectivity index (χ4v) is 5.82. The lowest BCUT2D eigenvalue weighted by Gasteiger charge is -2.22. The van der Waals surface area contributed by atoms with Crippen LogP contribution >= 0.6 is 0 Å². The van der Waals surface area contributed by atoms with E-state index in [0.717, 1.165) is 34.4 Å². The molecule has 0 saturated heterocycles. The number of hydrogen-bond donors (Lipinski definition) is 0. The third-order valence-corrected chi connectivity index (χ3v) is 9.76. The van der Waals surface area contributed by atoms with Crippen LogP contribution in [0.5, 0.6) is 0 Å². The van der Waals surface area contributed by atoms with Gasteiger partial charge >= 0.3 is 8.56 Å². The summed E-state index contributed by atoms with van der Waals surface area (Å²) in [6.45, 7) is 2.04. The Balaban J connectivity index is 1.71. The number of benzene rings is 3. The Labute approximate surface area is 168 Å². The quantitative estimate of drug-likeness (QED) is 0.501. The van der Waals surface area contributed by atoms with Crippen LogP contribution < -0.4 is 0 Å². The second kappa shape index (κ2) is 8.57. The maximum atomic E-state index is 12.8. The number of sulfone groups is 1. The standard InChI is InChI=1S/C22H26O4SSi/c1-25-28(3,26-2)15-14-18-8-10-19(11-9-18)17-27(23,24)22-13-12-20-6-4-5-7-21(20)16-22/h4-13,16H,14-15,17H2,1-3H3. The van der Waals surface area contributed by atoms with Gasteiger partial charge in [-0.1, -0.05) is 54.6 Å². The second-order valence-electron chi connectivity index (χ2n) is 7.13. The smallest absolute Gasteiger partial charge is 0.334 e. The predicted molar refractivity (Wildman–Crippen MR) is 115 cm³/mol. The second-order valence-corrected chi connectivity index (χ2v) is 12.7. The van der Waals surface area contributed by atoms with Crippen LogP contribution in [0.15, 0.2) is 71.6 Å². The molecule has 28 heavy (non-hydrogen) atoms. The fourth-order valence-electron chi connectivity index (χ4n) is 3.12. The predicted octanol–water partition coefficient (Wildman–Crippen LogP) is 4.72. The van der Waals surface area contributed by atoms with Crippen LogP contribution in [0.3, 0.4) is 0 Å². The Morgan fingerprint density at radius 2 is 1.43 bits per heavy atom. The SMILES string of the molecule is CO[Si](C)(CCc1ccc(CS(=O)(=O)c2ccc3ccccc3c2)cc1)OC. The molecule has 0 atom stereocenters. The van der Waals surface area contributed by atoms with Gasteiger partial charge in [-0.3, -0.25) is 0 Å². The molecule has 3 aromatic carbocycles. The molecule has 0 heterocycles. The van der Waals surface area contributed by atoms with E-state index in [1.807, 2.05) is 61.1 Å². The molecule has 0 radical (unpaired) electrons. The molecular weight excluding hydrogens is 388 g/mol. The molecule has 0 bridgehead atoms. The molecule has 0 aromatic heterocycles. The van der Waals surface area contributed by atoms with Crippen LogP contribution in [0.4, 0.5) is 0 Å². The molecular formula is C22H26O4SSi. The molecule has 0 N–H and O–H groups in total. The van der Waals surface area contributed by atoms with Crippen LogP contribution in [0.2, 0.25) is 12.6 Å². The Morgan fingerprint density at radius 1 is 0.821 bits per heavy atom. The van der Waals surface area contributed by atoms with Gasteiger partial charge in [-0.05, 0) is 53.0 Å². The Hall–Kier alpha value is -1.99. The molecule has 6 heteroatoms.